The molecule has 0 saturated carbocycles. The summed E-state index contributed by atoms with van der Waals surface area (Å²) in [5.41, 5.74) is 0.279. The maximum atomic E-state index is 12.5. The maximum absolute atomic E-state index is 12.5. The third kappa shape index (κ3) is 4.21. The number of methoxy groups -OCH3 is 1. The Morgan fingerprint density at radius 2 is 2.00 bits per heavy atom. The van der Waals surface area contributed by atoms with Crippen molar-refractivity contribution in [2.24, 2.45) is 16.3 Å². The molecule has 1 aliphatic rings. The first kappa shape index (κ1) is 19.4. The molecule has 1 N–H and O–H groups in total. The number of hydrogen-bond donors (Lipinski definition) is 1. The van der Waals surface area contributed by atoms with Crippen molar-refractivity contribution in [2.45, 2.75) is 66.3 Å². The molecule has 5 nitrogen and oxygen atoms in total. The number of carbonyl (C=O) groups is 2. The topological polar surface area (TPSA) is 76.0 Å². The van der Waals surface area contributed by atoms with E-state index < -0.39 is 17.3 Å². The molecule has 5 heteroatoms. The smallest absolute Gasteiger partial charge is 0.316 e. The van der Waals surface area contributed by atoms with E-state index in [1.807, 2.05) is 34.6 Å². The Kier molecular flexibility index (Phi) is 6.54. The summed E-state index contributed by atoms with van der Waals surface area (Å²) in [5.74, 6) is -1.69. The number of aliphatic imine (C=N–C) groups is 1. The summed E-state index contributed by atoms with van der Waals surface area (Å²) < 4.78 is 4.84. The Labute approximate surface area is 138 Å². The summed E-state index contributed by atoms with van der Waals surface area (Å²) in [4.78, 5) is 29.3. The lowest BCUT2D eigenvalue weighted by molar-refractivity contribution is -0.149. The number of hydrogen-bond acceptors (Lipinski definition) is 5. The monoisotopic (exact) mass is 323 g/mol. The van der Waals surface area contributed by atoms with Gasteiger partial charge in [-0.05, 0) is 31.6 Å². The third-order valence-corrected chi connectivity index (χ3v) is 4.38. The average molecular weight is 323 g/mol. The van der Waals surface area contributed by atoms with E-state index >= 15 is 0 Å². The molecule has 23 heavy (non-hydrogen) atoms. The Bertz CT molecular complexity index is 531. The minimum Gasteiger partial charge on any atom is -0.511 e. The van der Waals surface area contributed by atoms with Crippen LogP contribution in [-0.2, 0) is 14.3 Å². The highest BCUT2D eigenvalue weighted by atomic mass is 16.5. The molecule has 0 aromatic rings. The van der Waals surface area contributed by atoms with Crippen molar-refractivity contribution in [2.75, 3.05) is 7.11 Å². The number of ether oxygens (including phenoxy) is 1. The number of rotatable bonds is 6. The molecule has 1 rings (SSSR count). The summed E-state index contributed by atoms with van der Waals surface area (Å²) in [7, 11) is 1.29. The second kappa shape index (κ2) is 7.75. The number of aliphatic hydroxyl groups excluding tert-OH is 1. The highest BCUT2D eigenvalue weighted by molar-refractivity contribution is 6.24. The average Bonchev–Trinajstić information content (AvgIpc) is 2.45. The number of aliphatic hydroxyl groups is 1. The van der Waals surface area contributed by atoms with Gasteiger partial charge in [0.1, 0.15) is 11.7 Å². The number of ketones is 1. The minimum atomic E-state index is -0.834. The van der Waals surface area contributed by atoms with Crippen LogP contribution in [0.25, 0.3) is 0 Å². The van der Waals surface area contributed by atoms with E-state index in [0.29, 0.717) is 25.0 Å². The molecular formula is C18H29NO4. The van der Waals surface area contributed by atoms with Crippen LogP contribution in [0.4, 0.5) is 0 Å². The van der Waals surface area contributed by atoms with Crippen molar-refractivity contribution in [3.8, 4) is 0 Å². The normalized spacial score (nSPS) is 23.7. The van der Waals surface area contributed by atoms with Crippen molar-refractivity contribution < 1.29 is 19.4 Å². The van der Waals surface area contributed by atoms with Gasteiger partial charge in [0.25, 0.3) is 0 Å². The standard InChI is InChI=1S/C18H29NO4/c1-7-9-13(20)14-12(19-11(3)8-2)10-18(4,5)15(16(14)21)17(22)23-6/h11,15,21H,7-10H2,1-6H3/t11-,15+/m1/s1. The molecule has 1 aliphatic carbocycles. The van der Waals surface area contributed by atoms with Gasteiger partial charge in [0.2, 0.25) is 0 Å². The van der Waals surface area contributed by atoms with Crippen molar-refractivity contribution in [3.05, 3.63) is 11.3 Å². The molecule has 0 heterocycles. The fraction of sp³-hybridized carbons (Fsp3) is 0.722. The molecule has 2 atom stereocenters. The van der Waals surface area contributed by atoms with Gasteiger partial charge in [0, 0.05) is 18.2 Å². The highest BCUT2D eigenvalue weighted by Gasteiger charge is 2.47. The molecule has 0 spiro atoms. The van der Waals surface area contributed by atoms with E-state index in [4.69, 9.17) is 4.74 Å². The fourth-order valence-corrected chi connectivity index (χ4v) is 2.96. The van der Waals surface area contributed by atoms with Gasteiger partial charge in [-0.3, -0.25) is 14.6 Å². The molecule has 0 unspecified atom stereocenters. The third-order valence-electron chi connectivity index (χ3n) is 4.38. The molecule has 0 aromatic heterocycles. The molecule has 130 valence electrons. The summed E-state index contributed by atoms with van der Waals surface area (Å²) in [6, 6.07) is 0.0627. The van der Waals surface area contributed by atoms with Crippen LogP contribution < -0.4 is 0 Å². The summed E-state index contributed by atoms with van der Waals surface area (Å²) >= 11 is 0. The van der Waals surface area contributed by atoms with Crippen LogP contribution in [-0.4, -0.2) is 35.7 Å². The lowest BCUT2D eigenvalue weighted by Gasteiger charge is -2.37. The SMILES string of the molecule is CCCC(=O)C1=C(O)[C@@H](C(=O)OC)C(C)(C)CC1=N[C@H](C)CC. The summed E-state index contributed by atoms with van der Waals surface area (Å²) in [6.45, 7) is 9.68. The fourth-order valence-electron chi connectivity index (χ4n) is 2.96. The Hall–Kier alpha value is -1.65. The van der Waals surface area contributed by atoms with Gasteiger partial charge in [-0.2, -0.15) is 0 Å². The molecule has 0 amide bonds. The largest absolute Gasteiger partial charge is 0.511 e. The van der Waals surface area contributed by atoms with E-state index in [1.165, 1.54) is 7.11 Å². The van der Waals surface area contributed by atoms with Crippen LogP contribution in [0.15, 0.2) is 16.3 Å². The van der Waals surface area contributed by atoms with Crippen molar-refractivity contribution in [3.63, 3.8) is 0 Å². The quantitative estimate of drug-likeness (QED) is 0.757. The van der Waals surface area contributed by atoms with Crippen LogP contribution in [0, 0.1) is 11.3 Å². The molecule has 0 aromatic carbocycles. The van der Waals surface area contributed by atoms with Gasteiger partial charge < -0.3 is 9.84 Å². The van der Waals surface area contributed by atoms with Gasteiger partial charge in [0.05, 0.1) is 12.7 Å². The number of carbonyl (C=O) groups excluding carboxylic acids is 2. The molecule has 0 radical (unpaired) electrons. The van der Waals surface area contributed by atoms with E-state index in [9.17, 15) is 14.7 Å². The lowest BCUT2D eigenvalue weighted by Crippen LogP contribution is -2.42. The second-order valence-electron chi connectivity index (χ2n) is 6.89. The number of Topliss-reactive ketones (excluding diaryl/α,β-unsaturated/α-hetero) is 1. The Morgan fingerprint density at radius 1 is 1.39 bits per heavy atom. The van der Waals surface area contributed by atoms with Crippen molar-refractivity contribution in [1.82, 2.24) is 0 Å². The molecule has 0 aliphatic heterocycles. The van der Waals surface area contributed by atoms with Crippen LogP contribution in [0.1, 0.15) is 60.3 Å². The molecular weight excluding hydrogens is 294 g/mol. The number of nitrogens with zero attached hydrogens (tertiary/aromatic N) is 1. The predicted molar refractivity (Wildman–Crippen MR) is 90.7 cm³/mol. The van der Waals surface area contributed by atoms with Gasteiger partial charge in [-0.15, -0.1) is 0 Å². The predicted octanol–water partition coefficient (Wildman–Crippen LogP) is 3.63. The van der Waals surface area contributed by atoms with Gasteiger partial charge in [-0.25, -0.2) is 0 Å². The Balaban J connectivity index is 3.50. The maximum Gasteiger partial charge on any atom is 0.316 e. The van der Waals surface area contributed by atoms with Gasteiger partial charge in [-0.1, -0.05) is 27.7 Å². The first-order valence-electron chi connectivity index (χ1n) is 8.30. The van der Waals surface area contributed by atoms with E-state index in [-0.39, 0.29) is 23.2 Å². The zero-order chi connectivity index (χ0) is 17.8. The van der Waals surface area contributed by atoms with Crippen LogP contribution >= 0.6 is 0 Å². The zero-order valence-electron chi connectivity index (χ0n) is 15.1. The van der Waals surface area contributed by atoms with Crippen LogP contribution in [0.5, 0.6) is 0 Å². The van der Waals surface area contributed by atoms with E-state index in [0.717, 1.165) is 6.42 Å². The minimum absolute atomic E-state index is 0.0627. The molecule has 0 bridgehead atoms. The molecule has 0 saturated heterocycles. The summed E-state index contributed by atoms with van der Waals surface area (Å²) in [6.07, 6.45) is 2.32. The second-order valence-corrected chi connectivity index (χ2v) is 6.89. The van der Waals surface area contributed by atoms with Gasteiger partial charge >= 0.3 is 5.97 Å². The van der Waals surface area contributed by atoms with E-state index in [1.54, 1.807) is 0 Å². The number of allylic oxidation sites excluding steroid dienone is 1. The molecule has 0 fully saturated rings. The van der Waals surface area contributed by atoms with Crippen LogP contribution in [0.3, 0.4) is 0 Å². The Morgan fingerprint density at radius 3 is 2.48 bits per heavy atom. The highest BCUT2D eigenvalue weighted by Crippen LogP contribution is 2.43. The van der Waals surface area contributed by atoms with E-state index in [2.05, 4.69) is 4.99 Å². The summed E-state index contributed by atoms with van der Waals surface area (Å²) in [5, 5.41) is 10.7. The van der Waals surface area contributed by atoms with Crippen molar-refractivity contribution >= 4 is 17.5 Å². The first-order chi connectivity index (χ1) is 10.7. The first-order valence-corrected chi connectivity index (χ1v) is 8.30. The number of esters is 1. The zero-order valence-corrected chi connectivity index (χ0v) is 15.1. The van der Waals surface area contributed by atoms with Crippen molar-refractivity contribution in [1.29, 1.82) is 0 Å². The lowest BCUT2D eigenvalue weighted by atomic mass is 9.67. The van der Waals surface area contributed by atoms with Crippen LogP contribution in [0.2, 0.25) is 0 Å². The van der Waals surface area contributed by atoms with Gasteiger partial charge in [0.15, 0.2) is 5.78 Å².